The summed E-state index contributed by atoms with van der Waals surface area (Å²) in [5.41, 5.74) is 7.00. The van der Waals surface area contributed by atoms with Crippen molar-refractivity contribution >= 4 is 17.0 Å². The Morgan fingerprint density at radius 3 is 2.70 bits per heavy atom. The normalized spacial score (nSPS) is 17.4. The Morgan fingerprint density at radius 1 is 1.11 bits per heavy atom. The quantitative estimate of drug-likeness (QED) is 0.371. The minimum Gasteiger partial charge on any atom is -0.489 e. The zero-order chi connectivity index (χ0) is 25.4. The first kappa shape index (κ1) is 23.7. The number of nitrogens with zero attached hydrogens (tertiary/aromatic N) is 3. The van der Waals surface area contributed by atoms with Crippen molar-refractivity contribution in [2.75, 3.05) is 13.2 Å². The molecule has 0 aliphatic carbocycles. The molecule has 3 heterocycles. The second-order valence-electron chi connectivity index (χ2n) is 10.1. The van der Waals surface area contributed by atoms with Crippen molar-refractivity contribution in [1.29, 1.82) is 0 Å². The minimum atomic E-state index is -0.927. The predicted octanol–water partition coefficient (Wildman–Crippen LogP) is 4.97. The molecule has 0 unspecified atom stereocenters. The average molecular weight is 498 g/mol. The fourth-order valence-electron chi connectivity index (χ4n) is 5.13. The van der Waals surface area contributed by atoms with Gasteiger partial charge in [-0.2, -0.15) is 0 Å². The van der Waals surface area contributed by atoms with E-state index >= 15 is 0 Å². The number of aromatic carboxylic acids is 1. The van der Waals surface area contributed by atoms with Crippen LogP contribution in [0.3, 0.4) is 0 Å². The van der Waals surface area contributed by atoms with Crippen molar-refractivity contribution in [3.05, 3.63) is 94.3 Å². The van der Waals surface area contributed by atoms with Gasteiger partial charge in [0.2, 0.25) is 0 Å². The van der Waals surface area contributed by atoms with Gasteiger partial charge in [0, 0.05) is 19.7 Å². The van der Waals surface area contributed by atoms with Crippen LogP contribution in [0.4, 0.5) is 0 Å². The maximum absolute atomic E-state index is 11.6. The van der Waals surface area contributed by atoms with Crippen LogP contribution in [0.5, 0.6) is 5.75 Å². The number of carboxylic acid groups (broad SMARTS) is 1. The molecule has 0 amide bonds. The first-order valence-electron chi connectivity index (χ1n) is 12.9. The number of imidazole rings is 1. The lowest BCUT2D eigenvalue weighted by molar-refractivity contribution is -0.0592. The number of benzene rings is 3. The monoisotopic (exact) mass is 497 g/mol. The minimum absolute atomic E-state index is 0.153. The van der Waals surface area contributed by atoms with Gasteiger partial charge in [0.15, 0.2) is 0 Å². The van der Waals surface area contributed by atoms with Crippen LogP contribution in [0.1, 0.15) is 44.9 Å². The van der Waals surface area contributed by atoms with E-state index in [0.29, 0.717) is 19.7 Å². The number of aryl methyl sites for hydroxylation is 1. The van der Waals surface area contributed by atoms with Gasteiger partial charge in [0.05, 0.1) is 35.8 Å². The van der Waals surface area contributed by atoms with Crippen LogP contribution in [0.2, 0.25) is 0 Å². The Hall–Kier alpha value is -3.68. The van der Waals surface area contributed by atoms with E-state index < -0.39 is 5.97 Å². The fraction of sp³-hybridized carbons (Fsp3) is 0.333. The molecule has 1 atom stereocenters. The lowest BCUT2D eigenvalue weighted by atomic mass is 9.99. The van der Waals surface area contributed by atoms with Crippen LogP contribution in [0.25, 0.3) is 11.0 Å². The third-order valence-electron chi connectivity index (χ3n) is 7.41. The maximum atomic E-state index is 11.6. The largest absolute Gasteiger partial charge is 0.489 e. The summed E-state index contributed by atoms with van der Waals surface area (Å²) in [5, 5.41) is 9.50. The van der Waals surface area contributed by atoms with Gasteiger partial charge < -0.3 is 19.1 Å². The van der Waals surface area contributed by atoms with Crippen LogP contribution in [-0.2, 0) is 37.4 Å². The highest BCUT2D eigenvalue weighted by molar-refractivity contribution is 5.92. The highest BCUT2D eigenvalue weighted by Crippen LogP contribution is 2.27. The molecule has 1 fully saturated rings. The molecule has 6 rings (SSSR count). The molecular weight excluding hydrogens is 466 g/mol. The van der Waals surface area contributed by atoms with Crippen molar-refractivity contribution in [2.45, 2.75) is 52.1 Å². The van der Waals surface area contributed by atoms with Crippen molar-refractivity contribution in [2.24, 2.45) is 0 Å². The van der Waals surface area contributed by atoms with Crippen molar-refractivity contribution in [1.82, 2.24) is 14.5 Å². The number of carboxylic acids is 1. The highest BCUT2D eigenvalue weighted by atomic mass is 16.5. The number of hydrogen-bond donors (Lipinski definition) is 1. The number of carbonyl (C=O) groups is 1. The molecule has 1 saturated heterocycles. The molecule has 7 nitrogen and oxygen atoms in total. The molecule has 0 bridgehead atoms. The Bertz CT molecular complexity index is 1440. The van der Waals surface area contributed by atoms with E-state index in [1.54, 1.807) is 12.1 Å². The standard InChI is InChI=1S/C30H31N3O4/c1-20-2-4-21(5-3-20)19-37-25-8-6-22-10-12-32(16-24(22)14-25)18-29-31-27-9-7-23(30(34)35)15-28(27)33(29)17-26-11-13-36-26/h2-9,14-15,26H,10-13,16-19H2,1H3,(H,34,35)/t26-/m0/s1. The maximum Gasteiger partial charge on any atom is 0.335 e. The Morgan fingerprint density at radius 2 is 1.95 bits per heavy atom. The van der Waals surface area contributed by atoms with E-state index in [9.17, 15) is 9.90 Å². The van der Waals surface area contributed by atoms with Gasteiger partial charge in [0.1, 0.15) is 18.2 Å². The van der Waals surface area contributed by atoms with Crippen LogP contribution in [0, 0.1) is 6.92 Å². The van der Waals surface area contributed by atoms with Crippen molar-refractivity contribution in [3.8, 4) is 5.75 Å². The van der Waals surface area contributed by atoms with Crippen LogP contribution in [-0.4, -0.2) is 44.8 Å². The summed E-state index contributed by atoms with van der Waals surface area (Å²) in [5.74, 6) is 0.907. The van der Waals surface area contributed by atoms with Crippen molar-refractivity contribution in [3.63, 3.8) is 0 Å². The molecule has 7 heteroatoms. The number of rotatable bonds is 8. The first-order valence-corrected chi connectivity index (χ1v) is 12.9. The van der Waals surface area contributed by atoms with E-state index in [0.717, 1.165) is 60.7 Å². The molecule has 3 aromatic carbocycles. The van der Waals surface area contributed by atoms with Crippen LogP contribution >= 0.6 is 0 Å². The summed E-state index contributed by atoms with van der Waals surface area (Å²) < 4.78 is 14.0. The zero-order valence-electron chi connectivity index (χ0n) is 21.0. The Labute approximate surface area is 216 Å². The van der Waals surface area contributed by atoms with Crippen molar-refractivity contribution < 1.29 is 19.4 Å². The molecule has 4 aromatic rings. The zero-order valence-corrected chi connectivity index (χ0v) is 21.0. The Kier molecular flexibility index (Phi) is 6.40. The molecule has 37 heavy (non-hydrogen) atoms. The third kappa shape index (κ3) is 5.10. The summed E-state index contributed by atoms with van der Waals surface area (Å²) in [4.78, 5) is 18.9. The number of fused-ring (bicyclic) bond motifs is 2. The van der Waals surface area contributed by atoms with E-state index in [2.05, 4.69) is 58.9 Å². The van der Waals surface area contributed by atoms with E-state index in [1.165, 1.54) is 16.7 Å². The smallest absolute Gasteiger partial charge is 0.335 e. The fourth-order valence-corrected chi connectivity index (χ4v) is 5.13. The number of ether oxygens (including phenoxy) is 2. The second-order valence-corrected chi connectivity index (χ2v) is 10.1. The first-order chi connectivity index (χ1) is 18.0. The lowest BCUT2D eigenvalue weighted by Crippen LogP contribution is -2.34. The van der Waals surface area contributed by atoms with Gasteiger partial charge in [-0.15, -0.1) is 0 Å². The van der Waals surface area contributed by atoms with E-state index in [4.69, 9.17) is 14.5 Å². The number of aromatic nitrogens is 2. The van der Waals surface area contributed by atoms with E-state index in [-0.39, 0.29) is 11.7 Å². The van der Waals surface area contributed by atoms with Gasteiger partial charge in [-0.3, -0.25) is 4.90 Å². The number of hydrogen-bond acceptors (Lipinski definition) is 5. The topological polar surface area (TPSA) is 76.8 Å². The lowest BCUT2D eigenvalue weighted by Gasteiger charge is -2.30. The summed E-state index contributed by atoms with van der Waals surface area (Å²) in [7, 11) is 0. The van der Waals surface area contributed by atoms with Gasteiger partial charge >= 0.3 is 5.97 Å². The van der Waals surface area contributed by atoms with Crippen LogP contribution < -0.4 is 4.74 Å². The predicted molar refractivity (Wildman–Crippen MR) is 141 cm³/mol. The van der Waals surface area contributed by atoms with Gasteiger partial charge in [-0.05, 0) is 66.8 Å². The molecule has 0 saturated carbocycles. The third-order valence-corrected chi connectivity index (χ3v) is 7.41. The molecule has 0 spiro atoms. The molecule has 2 aliphatic heterocycles. The highest BCUT2D eigenvalue weighted by Gasteiger charge is 2.24. The summed E-state index contributed by atoms with van der Waals surface area (Å²) >= 11 is 0. The Balaban J connectivity index is 1.20. The summed E-state index contributed by atoms with van der Waals surface area (Å²) in [6.07, 6.45) is 2.14. The molecule has 1 N–H and O–H groups in total. The second kappa shape index (κ2) is 10.00. The summed E-state index contributed by atoms with van der Waals surface area (Å²) in [6.45, 7) is 6.57. The molecule has 1 aromatic heterocycles. The van der Waals surface area contributed by atoms with Gasteiger partial charge in [-0.25, -0.2) is 9.78 Å². The summed E-state index contributed by atoms with van der Waals surface area (Å²) in [6, 6.07) is 20.0. The van der Waals surface area contributed by atoms with Gasteiger partial charge in [0.25, 0.3) is 0 Å². The SMILES string of the molecule is Cc1ccc(COc2ccc3c(c2)CN(Cc2nc4ccc(C(=O)O)cc4n2C[C@@H]2CCO2)CC3)cc1. The molecule has 0 radical (unpaired) electrons. The van der Waals surface area contributed by atoms with Crippen LogP contribution in [0.15, 0.2) is 60.7 Å². The van der Waals surface area contributed by atoms with E-state index in [1.807, 2.05) is 6.07 Å². The molecule has 2 aliphatic rings. The molecular formula is C30H31N3O4. The van der Waals surface area contributed by atoms with Gasteiger partial charge in [-0.1, -0.05) is 35.9 Å². The molecule has 190 valence electrons. The average Bonchev–Trinajstić information content (AvgIpc) is 3.21.